The number of nitrogens with one attached hydrogen (secondary N) is 1. The van der Waals surface area contributed by atoms with Crippen LogP contribution >= 0.6 is 23.1 Å². The Morgan fingerprint density at radius 1 is 1.47 bits per heavy atom. The smallest absolute Gasteiger partial charge is 0.353 e. The summed E-state index contributed by atoms with van der Waals surface area (Å²) in [5.74, 6) is -1.15. The minimum atomic E-state index is -1.21. The van der Waals surface area contributed by atoms with Gasteiger partial charge >= 0.3 is 5.97 Å². The number of nitrogens with two attached hydrogens (primary N) is 1. The van der Waals surface area contributed by atoms with Gasteiger partial charge in [-0.3, -0.25) is 14.5 Å². The molecule has 0 bridgehead atoms. The molecule has 2 atom stereocenters. The SMILES string of the molecule is CON=C(C(=O)N[C@@H]1C(=O)N2C(C(=O)O)=C(C=CCn3ccnc3C)SC[C@H]12)c1csc(N)n1. The van der Waals surface area contributed by atoms with Crippen molar-refractivity contribution < 1.29 is 24.3 Å². The van der Waals surface area contributed by atoms with Gasteiger partial charge in [0.1, 0.15) is 30.4 Å². The van der Waals surface area contributed by atoms with Crippen LogP contribution < -0.4 is 11.1 Å². The van der Waals surface area contributed by atoms with E-state index in [2.05, 4.69) is 20.4 Å². The maximum Gasteiger partial charge on any atom is 0.353 e. The monoisotopic (exact) mass is 503 g/mol. The van der Waals surface area contributed by atoms with E-state index in [4.69, 9.17) is 10.6 Å². The van der Waals surface area contributed by atoms with Crippen LogP contribution in [0.2, 0.25) is 0 Å². The summed E-state index contributed by atoms with van der Waals surface area (Å²) in [4.78, 5) is 52.3. The van der Waals surface area contributed by atoms with Gasteiger partial charge in [-0.1, -0.05) is 11.2 Å². The molecule has 2 aliphatic heterocycles. The van der Waals surface area contributed by atoms with Gasteiger partial charge in [-0.2, -0.15) is 0 Å². The third-order valence-corrected chi connectivity index (χ3v) is 7.07. The first-order valence-corrected chi connectivity index (χ1v) is 11.9. The Hall–Kier alpha value is -3.65. The summed E-state index contributed by atoms with van der Waals surface area (Å²) in [5.41, 5.74) is 5.62. The molecule has 4 N–H and O–H groups in total. The largest absolute Gasteiger partial charge is 0.477 e. The molecule has 2 aliphatic rings. The van der Waals surface area contributed by atoms with Crippen molar-refractivity contribution in [3.63, 3.8) is 0 Å². The van der Waals surface area contributed by atoms with E-state index >= 15 is 0 Å². The minimum Gasteiger partial charge on any atom is -0.477 e. The van der Waals surface area contributed by atoms with Gasteiger partial charge in [-0.25, -0.2) is 14.8 Å². The number of oxime groups is 1. The fourth-order valence-corrected chi connectivity index (χ4v) is 5.37. The molecule has 4 heterocycles. The van der Waals surface area contributed by atoms with Gasteiger partial charge in [0.25, 0.3) is 11.8 Å². The third-order valence-electron chi connectivity index (χ3n) is 5.25. The second-order valence-electron chi connectivity index (χ2n) is 7.28. The number of hydrogen-bond donors (Lipinski definition) is 3. The number of thiazole rings is 1. The van der Waals surface area contributed by atoms with Crippen molar-refractivity contribution in [1.29, 1.82) is 0 Å². The van der Waals surface area contributed by atoms with E-state index in [1.165, 1.54) is 23.8 Å². The number of carboxylic acid groups (broad SMARTS) is 1. The number of carbonyl (C=O) groups excluding carboxylic acids is 2. The lowest BCUT2D eigenvalue weighted by Gasteiger charge is -2.49. The molecular weight excluding hydrogens is 482 g/mol. The van der Waals surface area contributed by atoms with Gasteiger partial charge in [-0.05, 0) is 13.0 Å². The second kappa shape index (κ2) is 9.69. The zero-order chi connectivity index (χ0) is 24.4. The van der Waals surface area contributed by atoms with Crippen LogP contribution in [0.15, 0.2) is 45.7 Å². The van der Waals surface area contributed by atoms with Gasteiger partial charge in [0, 0.05) is 35.0 Å². The molecule has 0 saturated carbocycles. The number of aryl methyl sites for hydroxylation is 1. The number of hydrogen-bond acceptors (Lipinski definition) is 10. The second-order valence-corrected chi connectivity index (χ2v) is 9.23. The van der Waals surface area contributed by atoms with Crippen LogP contribution in [0.25, 0.3) is 0 Å². The van der Waals surface area contributed by atoms with Crippen LogP contribution in [-0.4, -0.2) is 73.0 Å². The first-order chi connectivity index (χ1) is 16.3. The number of carboxylic acids is 1. The number of allylic oxidation sites excluding steroid dienone is 2. The Balaban J connectivity index is 1.49. The molecule has 1 saturated heterocycles. The van der Waals surface area contributed by atoms with Crippen LogP contribution in [0.4, 0.5) is 5.13 Å². The molecule has 2 aromatic rings. The molecule has 34 heavy (non-hydrogen) atoms. The fourth-order valence-electron chi connectivity index (χ4n) is 3.62. The van der Waals surface area contributed by atoms with Gasteiger partial charge < -0.3 is 25.6 Å². The number of imidazole rings is 1. The zero-order valence-electron chi connectivity index (χ0n) is 18.2. The summed E-state index contributed by atoms with van der Waals surface area (Å²) in [5, 5.41) is 17.9. The number of β-lactam (4-membered cyclic amide) rings is 1. The number of aromatic nitrogens is 3. The number of nitrogen functional groups attached to an aromatic ring is 1. The first-order valence-electron chi connectivity index (χ1n) is 10.0. The molecule has 178 valence electrons. The summed E-state index contributed by atoms with van der Waals surface area (Å²) in [6, 6.07) is -1.41. The molecule has 0 unspecified atom stereocenters. The van der Waals surface area contributed by atoms with Crippen LogP contribution in [0, 0.1) is 6.92 Å². The average Bonchev–Trinajstić information content (AvgIpc) is 3.42. The van der Waals surface area contributed by atoms with E-state index in [1.54, 1.807) is 17.7 Å². The van der Waals surface area contributed by atoms with E-state index in [0.29, 0.717) is 17.2 Å². The van der Waals surface area contributed by atoms with Crippen molar-refractivity contribution >= 4 is 51.7 Å². The van der Waals surface area contributed by atoms with Crippen LogP contribution in [0.5, 0.6) is 0 Å². The number of thioether (sulfide) groups is 1. The number of anilines is 1. The van der Waals surface area contributed by atoms with Crippen molar-refractivity contribution in [1.82, 2.24) is 24.8 Å². The molecule has 14 heteroatoms. The summed E-state index contributed by atoms with van der Waals surface area (Å²) >= 11 is 2.45. The van der Waals surface area contributed by atoms with E-state index < -0.39 is 29.9 Å². The van der Waals surface area contributed by atoms with Crippen LogP contribution in [0.1, 0.15) is 11.5 Å². The van der Waals surface area contributed by atoms with E-state index in [1.807, 2.05) is 23.8 Å². The number of amides is 2. The Morgan fingerprint density at radius 3 is 2.88 bits per heavy atom. The highest BCUT2D eigenvalue weighted by molar-refractivity contribution is 8.03. The Labute approximate surface area is 202 Å². The summed E-state index contributed by atoms with van der Waals surface area (Å²) in [6.45, 7) is 2.39. The maximum absolute atomic E-state index is 12.9. The van der Waals surface area contributed by atoms with E-state index in [9.17, 15) is 19.5 Å². The highest BCUT2D eigenvalue weighted by Gasteiger charge is 2.54. The summed E-state index contributed by atoms with van der Waals surface area (Å²) in [7, 11) is 1.28. The molecule has 2 amide bonds. The van der Waals surface area contributed by atoms with Crippen molar-refractivity contribution in [3.8, 4) is 0 Å². The lowest BCUT2D eigenvalue weighted by molar-refractivity contribution is -0.153. The van der Waals surface area contributed by atoms with Gasteiger partial charge in [-0.15, -0.1) is 23.1 Å². The van der Waals surface area contributed by atoms with Crippen LogP contribution in [-0.2, 0) is 25.8 Å². The Morgan fingerprint density at radius 2 is 2.26 bits per heavy atom. The van der Waals surface area contributed by atoms with Gasteiger partial charge in [0.2, 0.25) is 0 Å². The quantitative estimate of drug-likeness (QED) is 0.265. The highest BCUT2D eigenvalue weighted by atomic mass is 32.2. The maximum atomic E-state index is 12.9. The lowest BCUT2D eigenvalue weighted by atomic mass is 9.94. The van der Waals surface area contributed by atoms with Gasteiger partial charge in [0.05, 0.1) is 6.04 Å². The molecule has 4 rings (SSSR count). The molecular formula is C20H21N7O5S2. The molecule has 0 aliphatic carbocycles. The Bertz CT molecular complexity index is 1230. The van der Waals surface area contributed by atoms with Crippen molar-refractivity contribution in [3.05, 3.63) is 52.0 Å². The predicted molar refractivity (Wildman–Crippen MR) is 126 cm³/mol. The molecule has 2 aromatic heterocycles. The first kappa shape index (κ1) is 23.5. The van der Waals surface area contributed by atoms with E-state index in [-0.39, 0.29) is 22.2 Å². The molecule has 12 nitrogen and oxygen atoms in total. The molecule has 0 aromatic carbocycles. The van der Waals surface area contributed by atoms with Crippen LogP contribution in [0.3, 0.4) is 0 Å². The predicted octanol–water partition coefficient (Wildman–Crippen LogP) is 0.576. The fraction of sp³-hybridized carbons (Fsp3) is 0.300. The number of fused-ring (bicyclic) bond motifs is 1. The van der Waals surface area contributed by atoms with E-state index in [0.717, 1.165) is 17.2 Å². The Kier molecular flexibility index (Phi) is 6.70. The lowest BCUT2D eigenvalue weighted by Crippen LogP contribution is -2.73. The summed E-state index contributed by atoms with van der Waals surface area (Å²) in [6.07, 6.45) is 7.02. The van der Waals surface area contributed by atoms with Gasteiger partial charge in [0.15, 0.2) is 10.8 Å². The standard InChI is InChI=1S/C20H21N7O5S2/c1-10-22-5-7-26(10)6-3-4-13-16(19(30)31)27-12(9-33-13)15(18(27)29)24-17(28)14(25-32-2)11-8-34-20(21)23-11/h3-5,7-8,12,15H,6,9H2,1-2H3,(H2,21,23)(H,24,28)(H,30,31)/t12-,15+/m1/s1. The third kappa shape index (κ3) is 4.41. The molecule has 1 fully saturated rings. The zero-order valence-corrected chi connectivity index (χ0v) is 19.8. The van der Waals surface area contributed by atoms with Crippen molar-refractivity contribution in [2.24, 2.45) is 5.16 Å². The summed E-state index contributed by atoms with van der Waals surface area (Å²) < 4.78 is 1.91. The topological polar surface area (TPSA) is 165 Å². The number of carbonyl (C=O) groups is 3. The highest BCUT2D eigenvalue weighted by Crippen LogP contribution is 2.39. The number of rotatable bonds is 8. The normalized spacial score (nSPS) is 20.4. The van der Waals surface area contributed by atoms with Crippen molar-refractivity contribution in [2.45, 2.75) is 25.6 Å². The number of aliphatic carboxylic acids is 1. The average molecular weight is 504 g/mol. The van der Waals surface area contributed by atoms with Crippen molar-refractivity contribution in [2.75, 3.05) is 18.6 Å². The minimum absolute atomic E-state index is 0.103. The number of nitrogens with zero attached hydrogens (tertiary/aromatic N) is 5. The molecule has 0 radical (unpaired) electrons. The molecule has 0 spiro atoms.